The van der Waals surface area contributed by atoms with Gasteiger partial charge in [0, 0.05) is 7.05 Å². The lowest BCUT2D eigenvalue weighted by Gasteiger charge is -2.18. The molecule has 1 rings (SSSR count). The average molecular weight is 263 g/mol. The summed E-state index contributed by atoms with van der Waals surface area (Å²) in [5, 5.41) is 11.1. The van der Waals surface area contributed by atoms with Crippen LogP contribution < -0.4 is 5.32 Å². The summed E-state index contributed by atoms with van der Waals surface area (Å²) in [5.74, 6) is 0.00376. The largest absolute Gasteiger partial charge is 0.358 e. The third-order valence-electron chi connectivity index (χ3n) is 1.99. The minimum Gasteiger partial charge on any atom is -0.358 e. The van der Waals surface area contributed by atoms with Crippen molar-refractivity contribution in [1.82, 2.24) is 20.4 Å². The van der Waals surface area contributed by atoms with Crippen molar-refractivity contribution in [3.63, 3.8) is 0 Å². The molecule has 0 radical (unpaired) electrons. The maximum absolute atomic E-state index is 11.3. The highest BCUT2D eigenvalue weighted by Gasteiger charge is 2.12. The van der Waals surface area contributed by atoms with Gasteiger partial charge in [-0.1, -0.05) is 18.3 Å². The van der Waals surface area contributed by atoms with Crippen LogP contribution in [0.3, 0.4) is 0 Å². The zero-order chi connectivity index (χ0) is 12.0. The Morgan fingerprint density at radius 1 is 1.56 bits per heavy atom. The molecule has 0 aliphatic carbocycles. The number of carbonyl (C=O) groups excluding carboxylic acids is 1. The van der Waals surface area contributed by atoms with Gasteiger partial charge in [0.25, 0.3) is 0 Å². The first kappa shape index (κ1) is 13.3. The molecule has 5 nitrogen and oxygen atoms in total. The maximum Gasteiger partial charge on any atom is 0.233 e. The molecule has 0 aromatic carbocycles. The molecule has 0 saturated heterocycles. The van der Waals surface area contributed by atoms with Crippen LogP contribution in [0.15, 0.2) is 0 Å². The van der Waals surface area contributed by atoms with Crippen molar-refractivity contribution in [3.8, 4) is 0 Å². The molecule has 0 atom stereocenters. The molecular formula is C9H15ClN4OS. The normalized spacial score (nSPS) is 10.8. The van der Waals surface area contributed by atoms with Crippen LogP contribution in [0.1, 0.15) is 18.4 Å². The fourth-order valence-corrected chi connectivity index (χ4v) is 2.21. The summed E-state index contributed by atoms with van der Waals surface area (Å²) in [4.78, 5) is 13.3. The molecule has 1 aromatic rings. The molecule has 0 aliphatic heterocycles. The first-order valence-electron chi connectivity index (χ1n) is 5.06. The molecule has 1 amide bonds. The highest BCUT2D eigenvalue weighted by Crippen LogP contribution is 2.16. The fraction of sp³-hybridized carbons (Fsp3) is 0.667. The molecule has 0 bridgehead atoms. The Hall–Kier alpha value is -0.720. The Morgan fingerprint density at radius 2 is 2.31 bits per heavy atom. The molecule has 0 saturated carbocycles. The Balaban J connectivity index is 2.53. The third kappa shape index (κ3) is 4.42. The predicted octanol–water partition coefficient (Wildman–Crippen LogP) is 1.15. The van der Waals surface area contributed by atoms with Crippen molar-refractivity contribution >= 4 is 28.8 Å². The van der Waals surface area contributed by atoms with E-state index in [-0.39, 0.29) is 5.91 Å². The number of rotatable bonds is 6. The maximum atomic E-state index is 11.3. The van der Waals surface area contributed by atoms with Gasteiger partial charge in [-0.05, 0) is 24.6 Å². The lowest BCUT2D eigenvalue weighted by molar-refractivity contribution is -0.121. The summed E-state index contributed by atoms with van der Waals surface area (Å²) >= 11 is 7.05. The van der Waals surface area contributed by atoms with Crippen LogP contribution in [0, 0.1) is 0 Å². The standard InChI is InChI=1S/C9H15ClN4OS/c1-3-4-14(5-7(15)11-2)6-8-12-13-9(10)16-8/h3-6H2,1-2H3,(H,11,15). The van der Waals surface area contributed by atoms with Crippen LogP contribution in [0.25, 0.3) is 0 Å². The number of hydrogen-bond acceptors (Lipinski definition) is 5. The molecule has 7 heteroatoms. The molecule has 1 N–H and O–H groups in total. The molecular weight excluding hydrogens is 248 g/mol. The van der Waals surface area contributed by atoms with Crippen LogP contribution in [0.2, 0.25) is 4.47 Å². The number of nitrogens with zero attached hydrogens (tertiary/aromatic N) is 3. The Labute approximate surface area is 104 Å². The number of halogens is 1. The number of hydrogen-bond donors (Lipinski definition) is 1. The summed E-state index contributed by atoms with van der Waals surface area (Å²) < 4.78 is 0.436. The molecule has 0 fully saturated rings. The lowest BCUT2D eigenvalue weighted by Crippen LogP contribution is -2.35. The van der Waals surface area contributed by atoms with E-state index in [1.165, 1.54) is 11.3 Å². The molecule has 1 heterocycles. The van der Waals surface area contributed by atoms with E-state index in [4.69, 9.17) is 11.6 Å². The van der Waals surface area contributed by atoms with Crippen molar-refractivity contribution < 1.29 is 4.79 Å². The zero-order valence-electron chi connectivity index (χ0n) is 9.36. The van der Waals surface area contributed by atoms with Gasteiger partial charge >= 0.3 is 0 Å². The molecule has 16 heavy (non-hydrogen) atoms. The molecule has 0 unspecified atom stereocenters. The zero-order valence-corrected chi connectivity index (χ0v) is 10.9. The van der Waals surface area contributed by atoms with Gasteiger partial charge in [0.2, 0.25) is 10.4 Å². The number of aromatic nitrogens is 2. The summed E-state index contributed by atoms with van der Waals surface area (Å²) in [5.41, 5.74) is 0. The van der Waals surface area contributed by atoms with Crippen molar-refractivity contribution in [1.29, 1.82) is 0 Å². The Bertz CT molecular complexity index is 344. The van der Waals surface area contributed by atoms with Crippen LogP contribution in [-0.4, -0.2) is 41.1 Å². The lowest BCUT2D eigenvalue weighted by atomic mass is 10.4. The van der Waals surface area contributed by atoms with Gasteiger partial charge in [0.1, 0.15) is 5.01 Å². The van der Waals surface area contributed by atoms with Crippen LogP contribution in [0.5, 0.6) is 0 Å². The quantitative estimate of drug-likeness (QED) is 0.836. The van der Waals surface area contributed by atoms with E-state index in [0.717, 1.165) is 18.0 Å². The predicted molar refractivity (Wildman–Crippen MR) is 64.6 cm³/mol. The van der Waals surface area contributed by atoms with E-state index in [0.29, 0.717) is 17.6 Å². The smallest absolute Gasteiger partial charge is 0.233 e. The number of amides is 1. The molecule has 1 aromatic heterocycles. The van der Waals surface area contributed by atoms with E-state index >= 15 is 0 Å². The summed E-state index contributed by atoms with van der Waals surface area (Å²) in [6.45, 7) is 3.92. The second-order valence-corrected chi connectivity index (χ2v) is 4.98. The van der Waals surface area contributed by atoms with Gasteiger partial charge in [-0.3, -0.25) is 9.69 Å². The van der Waals surface area contributed by atoms with Crippen LogP contribution >= 0.6 is 22.9 Å². The summed E-state index contributed by atoms with van der Waals surface area (Å²) in [7, 11) is 1.63. The first-order chi connectivity index (χ1) is 7.65. The minimum atomic E-state index is 0.00376. The number of likely N-dealkylation sites (N-methyl/N-ethyl adjacent to an activating group) is 1. The van der Waals surface area contributed by atoms with Gasteiger partial charge in [-0.15, -0.1) is 10.2 Å². The van der Waals surface area contributed by atoms with Crippen molar-refractivity contribution in [2.75, 3.05) is 20.1 Å². The van der Waals surface area contributed by atoms with E-state index in [1.54, 1.807) is 7.05 Å². The summed E-state index contributed by atoms with van der Waals surface area (Å²) in [6, 6.07) is 0. The van der Waals surface area contributed by atoms with E-state index < -0.39 is 0 Å². The van der Waals surface area contributed by atoms with Crippen molar-refractivity contribution in [2.45, 2.75) is 19.9 Å². The van der Waals surface area contributed by atoms with Gasteiger partial charge in [-0.2, -0.15) is 0 Å². The fourth-order valence-electron chi connectivity index (χ4n) is 1.30. The van der Waals surface area contributed by atoms with Crippen molar-refractivity contribution in [2.24, 2.45) is 0 Å². The second-order valence-electron chi connectivity index (χ2n) is 3.33. The van der Waals surface area contributed by atoms with Gasteiger partial charge in [0.15, 0.2) is 0 Å². The van der Waals surface area contributed by atoms with E-state index in [2.05, 4.69) is 22.4 Å². The highest BCUT2D eigenvalue weighted by molar-refractivity contribution is 7.15. The Kier molecular flexibility index (Phi) is 5.65. The average Bonchev–Trinajstić information content (AvgIpc) is 2.64. The van der Waals surface area contributed by atoms with Gasteiger partial charge in [-0.25, -0.2) is 0 Å². The third-order valence-corrected chi connectivity index (χ3v) is 2.99. The van der Waals surface area contributed by atoms with E-state index in [9.17, 15) is 4.79 Å². The number of carbonyl (C=O) groups is 1. The SMILES string of the molecule is CCCN(CC(=O)NC)Cc1nnc(Cl)s1. The molecule has 90 valence electrons. The topological polar surface area (TPSA) is 58.1 Å². The monoisotopic (exact) mass is 262 g/mol. The Morgan fingerprint density at radius 3 is 2.81 bits per heavy atom. The first-order valence-corrected chi connectivity index (χ1v) is 6.26. The van der Waals surface area contributed by atoms with Gasteiger partial charge < -0.3 is 5.32 Å². The van der Waals surface area contributed by atoms with Crippen LogP contribution in [0.4, 0.5) is 0 Å². The summed E-state index contributed by atoms with van der Waals surface area (Å²) in [6.07, 6.45) is 0.990. The van der Waals surface area contributed by atoms with Crippen LogP contribution in [-0.2, 0) is 11.3 Å². The minimum absolute atomic E-state index is 0.00376. The van der Waals surface area contributed by atoms with Gasteiger partial charge in [0.05, 0.1) is 13.1 Å². The second kappa shape index (κ2) is 6.78. The molecule has 0 aliphatic rings. The molecule has 0 spiro atoms. The van der Waals surface area contributed by atoms with E-state index in [1.807, 2.05) is 4.90 Å². The van der Waals surface area contributed by atoms with Crippen molar-refractivity contribution in [3.05, 3.63) is 9.47 Å². The highest BCUT2D eigenvalue weighted by atomic mass is 35.5. The number of nitrogens with one attached hydrogen (secondary N) is 1.